The standard InChI is InChI=1S/C12H24N4O2S/c1-5-19(17,18)15-8-11(4)14-9-12-13-6-7-16(12)10(2)3/h6-7,10-11,14-15H,5,8-9H2,1-4H3. The molecule has 1 unspecified atom stereocenters. The molecule has 19 heavy (non-hydrogen) atoms. The van der Waals surface area contributed by atoms with E-state index in [1.807, 2.05) is 13.1 Å². The lowest BCUT2D eigenvalue weighted by molar-refractivity contribution is 0.490. The maximum atomic E-state index is 11.3. The molecule has 110 valence electrons. The van der Waals surface area contributed by atoms with E-state index >= 15 is 0 Å². The number of rotatable bonds is 8. The highest BCUT2D eigenvalue weighted by molar-refractivity contribution is 7.89. The Bertz CT molecular complexity index is 482. The van der Waals surface area contributed by atoms with Gasteiger partial charge in [-0.1, -0.05) is 0 Å². The molecule has 0 aliphatic heterocycles. The fourth-order valence-corrected chi connectivity index (χ4v) is 2.35. The minimum absolute atomic E-state index is 0.0543. The number of aromatic nitrogens is 2. The molecular formula is C12H24N4O2S. The molecule has 0 aromatic carbocycles. The average molecular weight is 288 g/mol. The number of sulfonamides is 1. The summed E-state index contributed by atoms with van der Waals surface area (Å²) < 4.78 is 27.3. The van der Waals surface area contributed by atoms with Crippen molar-refractivity contribution in [2.75, 3.05) is 12.3 Å². The fraction of sp³-hybridized carbons (Fsp3) is 0.750. The smallest absolute Gasteiger partial charge is 0.211 e. The second-order valence-corrected chi connectivity index (χ2v) is 6.97. The van der Waals surface area contributed by atoms with Crippen LogP contribution in [0, 0.1) is 0 Å². The number of nitrogens with zero attached hydrogens (tertiary/aromatic N) is 2. The third kappa shape index (κ3) is 5.30. The largest absolute Gasteiger partial charge is 0.331 e. The van der Waals surface area contributed by atoms with Crippen molar-refractivity contribution in [3.05, 3.63) is 18.2 Å². The first-order chi connectivity index (χ1) is 8.85. The zero-order valence-electron chi connectivity index (χ0n) is 12.0. The summed E-state index contributed by atoms with van der Waals surface area (Å²) in [6.07, 6.45) is 3.73. The molecule has 0 aliphatic rings. The molecule has 1 atom stereocenters. The van der Waals surface area contributed by atoms with E-state index in [2.05, 4.69) is 33.4 Å². The number of nitrogens with one attached hydrogen (secondary N) is 2. The molecule has 2 N–H and O–H groups in total. The highest BCUT2D eigenvalue weighted by atomic mass is 32.2. The van der Waals surface area contributed by atoms with Gasteiger partial charge in [0.1, 0.15) is 5.82 Å². The summed E-state index contributed by atoms with van der Waals surface area (Å²) in [5.41, 5.74) is 0. The summed E-state index contributed by atoms with van der Waals surface area (Å²) in [4.78, 5) is 4.30. The van der Waals surface area contributed by atoms with Crippen LogP contribution in [-0.2, 0) is 16.6 Å². The molecule has 1 heterocycles. The van der Waals surface area contributed by atoms with E-state index in [4.69, 9.17) is 0 Å². The van der Waals surface area contributed by atoms with Gasteiger partial charge in [-0.25, -0.2) is 18.1 Å². The Hall–Kier alpha value is -0.920. The molecule has 1 aromatic rings. The van der Waals surface area contributed by atoms with E-state index in [-0.39, 0.29) is 11.8 Å². The predicted molar refractivity (Wildman–Crippen MR) is 76.4 cm³/mol. The highest BCUT2D eigenvalue weighted by Crippen LogP contribution is 2.07. The molecule has 1 aromatic heterocycles. The lowest BCUT2D eigenvalue weighted by Crippen LogP contribution is -2.39. The molecule has 0 amide bonds. The van der Waals surface area contributed by atoms with Crippen molar-refractivity contribution in [2.45, 2.75) is 46.3 Å². The van der Waals surface area contributed by atoms with Crippen LogP contribution in [0.1, 0.15) is 39.6 Å². The van der Waals surface area contributed by atoms with Crippen LogP contribution >= 0.6 is 0 Å². The Labute approximate surface area is 115 Å². The SMILES string of the molecule is CCS(=O)(=O)NCC(C)NCc1nccn1C(C)C. The van der Waals surface area contributed by atoms with Crippen molar-refractivity contribution >= 4 is 10.0 Å². The van der Waals surface area contributed by atoms with Crippen LogP contribution in [-0.4, -0.2) is 36.3 Å². The van der Waals surface area contributed by atoms with Crippen molar-refractivity contribution in [3.8, 4) is 0 Å². The van der Waals surface area contributed by atoms with E-state index in [0.29, 0.717) is 19.1 Å². The van der Waals surface area contributed by atoms with Crippen LogP contribution in [0.3, 0.4) is 0 Å². The summed E-state index contributed by atoms with van der Waals surface area (Å²) in [6, 6.07) is 0.423. The maximum Gasteiger partial charge on any atom is 0.211 e. The van der Waals surface area contributed by atoms with Crippen LogP contribution in [0.5, 0.6) is 0 Å². The lowest BCUT2D eigenvalue weighted by atomic mass is 10.3. The molecule has 0 aliphatic carbocycles. The van der Waals surface area contributed by atoms with Gasteiger partial charge in [-0.3, -0.25) is 0 Å². The van der Waals surface area contributed by atoms with Crippen LogP contribution in [0.15, 0.2) is 12.4 Å². The van der Waals surface area contributed by atoms with Gasteiger partial charge >= 0.3 is 0 Å². The van der Waals surface area contributed by atoms with E-state index in [0.717, 1.165) is 5.82 Å². The first-order valence-electron chi connectivity index (χ1n) is 6.58. The number of imidazole rings is 1. The molecule has 0 bridgehead atoms. The average Bonchev–Trinajstić information content (AvgIpc) is 2.82. The fourth-order valence-electron chi connectivity index (χ4n) is 1.64. The van der Waals surface area contributed by atoms with Gasteiger partial charge < -0.3 is 9.88 Å². The summed E-state index contributed by atoms with van der Waals surface area (Å²) >= 11 is 0. The molecule has 0 saturated carbocycles. The number of hydrogen-bond donors (Lipinski definition) is 2. The van der Waals surface area contributed by atoms with Gasteiger partial charge in [0.25, 0.3) is 0 Å². The van der Waals surface area contributed by atoms with Crippen molar-refractivity contribution in [1.82, 2.24) is 19.6 Å². The lowest BCUT2D eigenvalue weighted by Gasteiger charge is -2.16. The van der Waals surface area contributed by atoms with Crippen molar-refractivity contribution in [1.29, 1.82) is 0 Å². The first kappa shape index (κ1) is 16.1. The van der Waals surface area contributed by atoms with Crippen LogP contribution < -0.4 is 10.0 Å². The monoisotopic (exact) mass is 288 g/mol. The second kappa shape index (κ2) is 7.02. The summed E-state index contributed by atoms with van der Waals surface area (Å²) in [7, 11) is -3.12. The van der Waals surface area contributed by atoms with Gasteiger partial charge in [-0.15, -0.1) is 0 Å². The zero-order valence-corrected chi connectivity index (χ0v) is 12.9. The molecule has 0 spiro atoms. The quantitative estimate of drug-likeness (QED) is 0.744. The van der Waals surface area contributed by atoms with Gasteiger partial charge in [0.05, 0.1) is 12.3 Å². The molecule has 0 fully saturated rings. The Kier molecular flexibility index (Phi) is 5.96. The molecule has 6 nitrogen and oxygen atoms in total. The maximum absolute atomic E-state index is 11.3. The summed E-state index contributed by atoms with van der Waals surface area (Å²) in [5, 5.41) is 3.27. The summed E-state index contributed by atoms with van der Waals surface area (Å²) in [5.74, 6) is 1.07. The highest BCUT2D eigenvalue weighted by Gasteiger charge is 2.11. The Morgan fingerprint density at radius 1 is 1.37 bits per heavy atom. The minimum Gasteiger partial charge on any atom is -0.331 e. The normalized spacial score (nSPS) is 13.9. The number of hydrogen-bond acceptors (Lipinski definition) is 4. The third-order valence-electron chi connectivity index (χ3n) is 2.90. The van der Waals surface area contributed by atoms with Crippen LogP contribution in [0.25, 0.3) is 0 Å². The van der Waals surface area contributed by atoms with E-state index in [9.17, 15) is 8.42 Å². The van der Waals surface area contributed by atoms with Gasteiger partial charge in [0, 0.05) is 31.0 Å². The zero-order chi connectivity index (χ0) is 14.5. The van der Waals surface area contributed by atoms with E-state index < -0.39 is 10.0 Å². The Morgan fingerprint density at radius 2 is 2.05 bits per heavy atom. The molecule has 7 heteroatoms. The minimum atomic E-state index is -3.12. The van der Waals surface area contributed by atoms with Crippen molar-refractivity contribution in [2.24, 2.45) is 0 Å². The van der Waals surface area contributed by atoms with Crippen molar-refractivity contribution < 1.29 is 8.42 Å². The molecule has 1 rings (SSSR count). The van der Waals surface area contributed by atoms with Gasteiger partial charge in [-0.2, -0.15) is 0 Å². The van der Waals surface area contributed by atoms with Crippen LogP contribution in [0.4, 0.5) is 0 Å². The first-order valence-corrected chi connectivity index (χ1v) is 8.23. The van der Waals surface area contributed by atoms with Crippen LogP contribution in [0.2, 0.25) is 0 Å². The Morgan fingerprint density at radius 3 is 2.63 bits per heavy atom. The van der Waals surface area contributed by atoms with Gasteiger partial charge in [0.15, 0.2) is 0 Å². The van der Waals surface area contributed by atoms with E-state index in [1.165, 1.54) is 0 Å². The Balaban J connectivity index is 2.42. The molecule has 0 saturated heterocycles. The molecular weight excluding hydrogens is 264 g/mol. The van der Waals surface area contributed by atoms with Gasteiger partial charge in [-0.05, 0) is 27.7 Å². The van der Waals surface area contributed by atoms with E-state index in [1.54, 1.807) is 13.1 Å². The predicted octanol–water partition coefficient (Wildman–Crippen LogP) is 0.881. The van der Waals surface area contributed by atoms with Gasteiger partial charge in [0.2, 0.25) is 10.0 Å². The topological polar surface area (TPSA) is 76.0 Å². The summed E-state index contributed by atoms with van der Waals surface area (Å²) in [6.45, 7) is 8.79. The molecule has 0 radical (unpaired) electrons. The third-order valence-corrected chi connectivity index (χ3v) is 4.27. The second-order valence-electron chi connectivity index (χ2n) is 4.88. The van der Waals surface area contributed by atoms with Crippen molar-refractivity contribution in [3.63, 3.8) is 0 Å².